The van der Waals surface area contributed by atoms with Crippen molar-refractivity contribution in [2.45, 2.75) is 25.8 Å². The average molecular weight is 211 g/mol. The van der Waals surface area contributed by atoms with E-state index in [-0.39, 0.29) is 17.7 Å². The third kappa shape index (κ3) is 2.23. The van der Waals surface area contributed by atoms with Crippen molar-refractivity contribution in [1.29, 1.82) is 0 Å². The number of hydrogen-bond donors (Lipinski definition) is 1. The molecular weight excluding hydrogens is 197 g/mol. The number of ether oxygens (including phenoxy) is 1. The Morgan fingerprint density at radius 1 is 1.60 bits per heavy atom. The second-order valence-corrected chi connectivity index (χ2v) is 3.54. The number of nitrogens with one attached hydrogen (secondary N) is 1. The molecule has 1 aromatic heterocycles. The van der Waals surface area contributed by atoms with E-state index in [2.05, 4.69) is 15.3 Å². The standard InChI is InChI=1S/C10H14FN3O/c1-2-8-9(11)10(13-6-12-8)14-7-3-4-15-5-7/h6-7H,2-5H2,1H3,(H,12,13,14). The molecule has 4 nitrogen and oxygen atoms in total. The van der Waals surface area contributed by atoms with Crippen LogP contribution in [0, 0.1) is 5.82 Å². The van der Waals surface area contributed by atoms with E-state index in [0.29, 0.717) is 18.7 Å². The van der Waals surface area contributed by atoms with Crippen molar-refractivity contribution in [3.63, 3.8) is 0 Å². The highest BCUT2D eigenvalue weighted by molar-refractivity contribution is 5.38. The molecule has 0 aliphatic carbocycles. The van der Waals surface area contributed by atoms with Crippen molar-refractivity contribution in [3.8, 4) is 0 Å². The first kappa shape index (κ1) is 10.3. The molecule has 0 aromatic carbocycles. The molecular formula is C10H14FN3O. The Hall–Kier alpha value is -1.23. The van der Waals surface area contributed by atoms with Crippen molar-refractivity contribution in [2.24, 2.45) is 0 Å². The molecule has 1 atom stereocenters. The number of rotatable bonds is 3. The molecule has 1 saturated heterocycles. The van der Waals surface area contributed by atoms with E-state index in [9.17, 15) is 4.39 Å². The van der Waals surface area contributed by atoms with Gasteiger partial charge in [0.2, 0.25) is 0 Å². The molecule has 0 amide bonds. The van der Waals surface area contributed by atoms with Crippen LogP contribution in [0.4, 0.5) is 10.2 Å². The van der Waals surface area contributed by atoms with Crippen molar-refractivity contribution in [2.75, 3.05) is 18.5 Å². The van der Waals surface area contributed by atoms with Gasteiger partial charge in [-0.15, -0.1) is 0 Å². The van der Waals surface area contributed by atoms with Gasteiger partial charge in [-0.3, -0.25) is 0 Å². The lowest BCUT2D eigenvalue weighted by Gasteiger charge is -2.12. The summed E-state index contributed by atoms with van der Waals surface area (Å²) < 4.78 is 18.9. The van der Waals surface area contributed by atoms with Crippen LogP contribution in [0.2, 0.25) is 0 Å². The molecule has 0 spiro atoms. The lowest BCUT2D eigenvalue weighted by molar-refractivity contribution is 0.195. The fourth-order valence-electron chi connectivity index (χ4n) is 1.60. The van der Waals surface area contributed by atoms with Gasteiger partial charge in [-0.05, 0) is 12.8 Å². The summed E-state index contributed by atoms with van der Waals surface area (Å²) in [7, 11) is 0. The molecule has 2 rings (SSSR count). The quantitative estimate of drug-likeness (QED) is 0.820. The zero-order valence-electron chi connectivity index (χ0n) is 8.66. The maximum absolute atomic E-state index is 13.7. The van der Waals surface area contributed by atoms with E-state index < -0.39 is 0 Å². The Bertz CT molecular complexity index is 339. The number of nitrogens with zero attached hydrogens (tertiary/aromatic N) is 2. The summed E-state index contributed by atoms with van der Waals surface area (Å²) in [5, 5.41) is 3.03. The van der Waals surface area contributed by atoms with Crippen molar-refractivity contribution in [3.05, 3.63) is 17.8 Å². The molecule has 15 heavy (non-hydrogen) atoms. The molecule has 1 N–H and O–H groups in total. The average Bonchev–Trinajstić information content (AvgIpc) is 2.74. The highest BCUT2D eigenvalue weighted by atomic mass is 19.1. The summed E-state index contributed by atoms with van der Waals surface area (Å²) in [4.78, 5) is 7.77. The van der Waals surface area contributed by atoms with Crippen molar-refractivity contribution in [1.82, 2.24) is 9.97 Å². The molecule has 1 aliphatic rings. The van der Waals surface area contributed by atoms with Gasteiger partial charge in [-0.25, -0.2) is 14.4 Å². The number of hydrogen-bond acceptors (Lipinski definition) is 4. The van der Waals surface area contributed by atoms with E-state index in [1.54, 1.807) is 0 Å². The first-order valence-electron chi connectivity index (χ1n) is 5.15. The molecule has 5 heteroatoms. The number of aromatic nitrogens is 2. The third-order valence-corrected chi connectivity index (χ3v) is 2.47. The topological polar surface area (TPSA) is 47.0 Å². The first-order valence-corrected chi connectivity index (χ1v) is 5.15. The van der Waals surface area contributed by atoms with Gasteiger partial charge in [-0.2, -0.15) is 0 Å². The first-order chi connectivity index (χ1) is 7.31. The van der Waals surface area contributed by atoms with Crippen LogP contribution >= 0.6 is 0 Å². The van der Waals surface area contributed by atoms with Crippen LogP contribution in [-0.4, -0.2) is 29.2 Å². The Labute approximate surface area is 87.9 Å². The molecule has 1 aromatic rings. The second kappa shape index (κ2) is 4.53. The maximum Gasteiger partial charge on any atom is 0.186 e. The third-order valence-electron chi connectivity index (χ3n) is 2.47. The fourth-order valence-corrected chi connectivity index (χ4v) is 1.60. The summed E-state index contributed by atoms with van der Waals surface area (Å²) >= 11 is 0. The molecule has 1 aliphatic heterocycles. The zero-order valence-corrected chi connectivity index (χ0v) is 8.66. The number of halogens is 1. The summed E-state index contributed by atoms with van der Waals surface area (Å²) in [5.74, 6) is -0.0516. The predicted molar refractivity (Wildman–Crippen MR) is 54.2 cm³/mol. The van der Waals surface area contributed by atoms with Gasteiger partial charge < -0.3 is 10.1 Å². The Morgan fingerprint density at radius 3 is 3.13 bits per heavy atom. The normalized spacial score (nSPS) is 20.5. The van der Waals surface area contributed by atoms with Gasteiger partial charge in [-0.1, -0.05) is 6.92 Å². The highest BCUT2D eigenvalue weighted by Crippen LogP contribution is 2.16. The van der Waals surface area contributed by atoms with Crippen LogP contribution in [0.1, 0.15) is 19.0 Å². The molecule has 1 fully saturated rings. The Kier molecular flexibility index (Phi) is 3.11. The van der Waals surface area contributed by atoms with Gasteiger partial charge in [0.05, 0.1) is 18.3 Å². The van der Waals surface area contributed by atoms with Crippen LogP contribution < -0.4 is 5.32 Å². The Balaban J connectivity index is 2.13. The SMILES string of the molecule is CCc1ncnc(NC2CCOC2)c1F. The lowest BCUT2D eigenvalue weighted by atomic mass is 10.2. The van der Waals surface area contributed by atoms with Crippen molar-refractivity contribution < 1.29 is 9.13 Å². The van der Waals surface area contributed by atoms with Gasteiger partial charge in [0.15, 0.2) is 11.6 Å². The molecule has 0 bridgehead atoms. The van der Waals surface area contributed by atoms with Crippen LogP contribution in [0.3, 0.4) is 0 Å². The van der Waals surface area contributed by atoms with Gasteiger partial charge >= 0.3 is 0 Å². The Morgan fingerprint density at radius 2 is 2.47 bits per heavy atom. The van der Waals surface area contributed by atoms with Crippen LogP contribution in [0.25, 0.3) is 0 Å². The second-order valence-electron chi connectivity index (χ2n) is 3.54. The molecule has 2 heterocycles. The van der Waals surface area contributed by atoms with Crippen LogP contribution in [0.5, 0.6) is 0 Å². The number of anilines is 1. The monoisotopic (exact) mass is 211 g/mol. The van der Waals surface area contributed by atoms with Crippen LogP contribution in [0.15, 0.2) is 6.33 Å². The molecule has 82 valence electrons. The molecule has 0 radical (unpaired) electrons. The molecule has 0 saturated carbocycles. The minimum atomic E-state index is -0.341. The largest absolute Gasteiger partial charge is 0.379 e. The smallest absolute Gasteiger partial charge is 0.186 e. The van der Waals surface area contributed by atoms with Crippen LogP contribution in [-0.2, 0) is 11.2 Å². The zero-order chi connectivity index (χ0) is 10.7. The highest BCUT2D eigenvalue weighted by Gasteiger charge is 2.18. The van der Waals surface area contributed by atoms with E-state index in [4.69, 9.17) is 4.74 Å². The lowest BCUT2D eigenvalue weighted by Crippen LogP contribution is -2.21. The van der Waals surface area contributed by atoms with Crippen molar-refractivity contribution >= 4 is 5.82 Å². The number of aryl methyl sites for hydroxylation is 1. The maximum atomic E-state index is 13.7. The van der Waals surface area contributed by atoms with E-state index in [1.165, 1.54) is 6.33 Å². The summed E-state index contributed by atoms with van der Waals surface area (Å²) in [6, 6.07) is 0.166. The minimum Gasteiger partial charge on any atom is -0.379 e. The van der Waals surface area contributed by atoms with E-state index in [0.717, 1.165) is 13.0 Å². The van der Waals surface area contributed by atoms with Gasteiger partial charge in [0.25, 0.3) is 0 Å². The van der Waals surface area contributed by atoms with E-state index >= 15 is 0 Å². The van der Waals surface area contributed by atoms with Gasteiger partial charge in [0, 0.05) is 6.61 Å². The van der Waals surface area contributed by atoms with Gasteiger partial charge in [0.1, 0.15) is 6.33 Å². The predicted octanol–water partition coefficient (Wildman–Crippen LogP) is 1.38. The summed E-state index contributed by atoms with van der Waals surface area (Å²) in [6.45, 7) is 3.21. The summed E-state index contributed by atoms with van der Waals surface area (Å²) in [6.07, 6.45) is 2.86. The fraction of sp³-hybridized carbons (Fsp3) is 0.600. The van der Waals surface area contributed by atoms with E-state index in [1.807, 2.05) is 6.92 Å². The summed E-state index contributed by atoms with van der Waals surface area (Å²) in [5.41, 5.74) is 0.450. The minimum absolute atomic E-state index is 0.166. The molecule has 1 unspecified atom stereocenters.